The van der Waals surface area contributed by atoms with Crippen molar-refractivity contribution < 1.29 is 19.1 Å². The Morgan fingerprint density at radius 2 is 1.00 bits per heavy atom. The number of nitrogens with zero attached hydrogens (tertiary/aromatic N) is 2. The molecule has 0 aromatic heterocycles. The van der Waals surface area contributed by atoms with Gasteiger partial charge in [0.15, 0.2) is 13.2 Å². The lowest BCUT2D eigenvalue weighted by Gasteiger charge is -2.34. The number of amides is 2. The van der Waals surface area contributed by atoms with Gasteiger partial charge in [-0.2, -0.15) is 0 Å². The van der Waals surface area contributed by atoms with Crippen LogP contribution in [0.25, 0.3) is 0 Å². The van der Waals surface area contributed by atoms with Gasteiger partial charge in [-0.15, -0.1) is 0 Å². The summed E-state index contributed by atoms with van der Waals surface area (Å²) in [5, 5.41) is 5.91. The molecular weight excluding hydrogens is 640 g/mol. The third kappa shape index (κ3) is 10.7. The van der Waals surface area contributed by atoms with E-state index in [9.17, 15) is 9.59 Å². The Morgan fingerprint density at radius 3 is 1.32 bits per heavy atom. The van der Waals surface area contributed by atoms with Crippen LogP contribution in [0.2, 0.25) is 0 Å². The molecule has 8 nitrogen and oxygen atoms in total. The second-order valence-electron chi connectivity index (χ2n) is 10.4. The minimum atomic E-state index is -0.0970. The molecule has 0 radical (unpaired) electrons. The van der Waals surface area contributed by atoms with Crippen molar-refractivity contribution in [2.75, 3.05) is 65.6 Å². The Kier molecular flexibility index (Phi) is 13.2. The summed E-state index contributed by atoms with van der Waals surface area (Å²) in [4.78, 5) is 29.2. The fourth-order valence-electron chi connectivity index (χ4n) is 4.68. The second-order valence-corrected chi connectivity index (χ2v) is 12.0. The maximum atomic E-state index is 12.2. The normalized spacial score (nSPS) is 14.2. The number of aryl methyl sites for hydroxylation is 4. The highest BCUT2D eigenvalue weighted by Crippen LogP contribution is 2.27. The molecule has 220 valence electrons. The first-order chi connectivity index (χ1) is 19.1. The Labute approximate surface area is 255 Å². The van der Waals surface area contributed by atoms with Gasteiger partial charge < -0.3 is 29.9 Å². The highest BCUT2D eigenvalue weighted by atomic mass is 79.9. The lowest BCUT2D eigenvalue weighted by Crippen LogP contribution is -2.47. The molecule has 0 spiro atoms. The molecule has 10 heteroatoms. The summed E-state index contributed by atoms with van der Waals surface area (Å²) < 4.78 is 13.5. The third-order valence-corrected chi connectivity index (χ3v) is 9.47. The van der Waals surface area contributed by atoms with Crippen LogP contribution in [-0.2, 0) is 9.59 Å². The minimum absolute atomic E-state index is 0.0250. The summed E-state index contributed by atoms with van der Waals surface area (Å²) in [5.41, 5.74) is 4.35. The van der Waals surface area contributed by atoms with E-state index in [4.69, 9.17) is 9.47 Å². The van der Waals surface area contributed by atoms with Crippen molar-refractivity contribution in [3.05, 3.63) is 55.5 Å². The molecule has 0 saturated carbocycles. The standard InChI is InChI=1S/C30H42Br2N4O4/c1-21-15-25(16-22(2)29(21)31)39-19-27(37)33-7-5-9-35-11-13-36(14-12-35)10-6-8-34-28(38)20-40-26-17-23(3)30(32)24(4)18-26/h15-18H,5-14,19-20H2,1-4H3,(H,33,37)(H,34,38). The van der Waals surface area contributed by atoms with Gasteiger partial charge in [-0.25, -0.2) is 0 Å². The predicted molar refractivity (Wildman–Crippen MR) is 166 cm³/mol. The summed E-state index contributed by atoms with van der Waals surface area (Å²) in [7, 11) is 0. The average molecular weight is 682 g/mol. The third-order valence-electron chi connectivity index (χ3n) is 6.97. The quantitative estimate of drug-likeness (QED) is 0.285. The molecule has 1 heterocycles. The highest BCUT2D eigenvalue weighted by Gasteiger charge is 2.16. The van der Waals surface area contributed by atoms with Crippen molar-refractivity contribution in [3.8, 4) is 11.5 Å². The predicted octanol–water partition coefficient (Wildman–Crippen LogP) is 4.53. The molecule has 2 aromatic carbocycles. The van der Waals surface area contributed by atoms with E-state index in [0.29, 0.717) is 24.6 Å². The number of rotatable bonds is 14. The number of nitrogens with one attached hydrogen (secondary N) is 2. The van der Waals surface area contributed by atoms with Crippen LogP contribution in [0.15, 0.2) is 33.2 Å². The summed E-state index contributed by atoms with van der Waals surface area (Å²) in [6, 6.07) is 7.73. The van der Waals surface area contributed by atoms with Crippen LogP contribution in [0.5, 0.6) is 11.5 Å². The molecule has 0 unspecified atom stereocenters. The van der Waals surface area contributed by atoms with Crippen LogP contribution in [0.1, 0.15) is 35.1 Å². The lowest BCUT2D eigenvalue weighted by atomic mass is 10.1. The largest absolute Gasteiger partial charge is 0.484 e. The monoisotopic (exact) mass is 680 g/mol. The maximum Gasteiger partial charge on any atom is 0.257 e. The Balaban J connectivity index is 1.19. The maximum absolute atomic E-state index is 12.2. The molecule has 2 amide bonds. The van der Waals surface area contributed by atoms with E-state index in [1.54, 1.807) is 0 Å². The molecule has 0 atom stereocenters. The van der Waals surface area contributed by atoms with Crippen LogP contribution < -0.4 is 20.1 Å². The Morgan fingerprint density at radius 1 is 0.675 bits per heavy atom. The van der Waals surface area contributed by atoms with Gasteiger partial charge in [0.05, 0.1) is 0 Å². The second kappa shape index (κ2) is 16.3. The molecule has 1 fully saturated rings. The number of piperazine rings is 1. The van der Waals surface area contributed by atoms with Crippen LogP contribution in [0.3, 0.4) is 0 Å². The number of hydrogen-bond acceptors (Lipinski definition) is 6. The molecular formula is C30H42Br2N4O4. The Bertz CT molecular complexity index is 1020. The van der Waals surface area contributed by atoms with E-state index in [0.717, 1.165) is 83.3 Å². The van der Waals surface area contributed by atoms with Gasteiger partial charge >= 0.3 is 0 Å². The molecule has 3 rings (SSSR count). The zero-order valence-corrected chi connectivity index (χ0v) is 27.3. The fraction of sp³-hybridized carbons (Fsp3) is 0.533. The van der Waals surface area contributed by atoms with Crippen molar-refractivity contribution in [1.82, 2.24) is 20.4 Å². The molecule has 1 saturated heterocycles. The number of carbonyl (C=O) groups is 2. The van der Waals surface area contributed by atoms with E-state index in [1.165, 1.54) is 0 Å². The van der Waals surface area contributed by atoms with Gasteiger partial charge in [0.2, 0.25) is 0 Å². The number of carbonyl (C=O) groups excluding carboxylic acids is 2. The summed E-state index contributed by atoms with van der Waals surface area (Å²) in [6.07, 6.45) is 1.82. The molecule has 2 aromatic rings. The summed E-state index contributed by atoms with van der Waals surface area (Å²) in [6.45, 7) is 15.4. The highest BCUT2D eigenvalue weighted by molar-refractivity contribution is 9.10. The van der Waals surface area contributed by atoms with E-state index in [1.807, 2.05) is 52.0 Å². The molecule has 1 aliphatic rings. The SMILES string of the molecule is Cc1cc(OCC(=O)NCCCN2CCN(CCCNC(=O)COc3cc(C)c(Br)c(C)c3)CC2)cc(C)c1Br. The van der Waals surface area contributed by atoms with Gasteiger partial charge in [-0.1, -0.05) is 31.9 Å². The Hall–Kier alpha value is -2.14. The van der Waals surface area contributed by atoms with Crippen LogP contribution in [0, 0.1) is 27.7 Å². The van der Waals surface area contributed by atoms with Gasteiger partial charge in [0.1, 0.15) is 11.5 Å². The van der Waals surface area contributed by atoms with E-state index >= 15 is 0 Å². The zero-order chi connectivity index (χ0) is 29.1. The van der Waals surface area contributed by atoms with Crippen LogP contribution in [-0.4, -0.2) is 87.2 Å². The molecule has 2 N–H and O–H groups in total. The van der Waals surface area contributed by atoms with Crippen molar-refractivity contribution >= 4 is 43.7 Å². The fourth-order valence-corrected chi connectivity index (χ4v) is 5.13. The molecule has 0 aliphatic carbocycles. The van der Waals surface area contributed by atoms with Crippen molar-refractivity contribution in [2.24, 2.45) is 0 Å². The van der Waals surface area contributed by atoms with Gasteiger partial charge in [-0.05, 0) is 100 Å². The van der Waals surface area contributed by atoms with Gasteiger partial charge in [0.25, 0.3) is 11.8 Å². The van der Waals surface area contributed by atoms with Crippen molar-refractivity contribution in [3.63, 3.8) is 0 Å². The molecule has 1 aliphatic heterocycles. The van der Waals surface area contributed by atoms with Gasteiger partial charge in [-0.3, -0.25) is 9.59 Å². The average Bonchev–Trinajstić information content (AvgIpc) is 2.93. The summed E-state index contributed by atoms with van der Waals surface area (Å²) >= 11 is 7.09. The van der Waals surface area contributed by atoms with Crippen LogP contribution >= 0.6 is 31.9 Å². The van der Waals surface area contributed by atoms with Crippen LogP contribution in [0.4, 0.5) is 0 Å². The zero-order valence-electron chi connectivity index (χ0n) is 24.1. The molecule has 0 bridgehead atoms. The van der Waals surface area contributed by atoms with Crippen molar-refractivity contribution in [1.29, 1.82) is 0 Å². The van der Waals surface area contributed by atoms with E-state index in [-0.39, 0.29) is 25.0 Å². The molecule has 40 heavy (non-hydrogen) atoms. The first kappa shape index (κ1) is 32.4. The topological polar surface area (TPSA) is 83.1 Å². The first-order valence-electron chi connectivity index (χ1n) is 13.9. The lowest BCUT2D eigenvalue weighted by molar-refractivity contribution is -0.123. The summed E-state index contributed by atoms with van der Waals surface area (Å²) in [5.74, 6) is 1.23. The number of halogens is 2. The minimum Gasteiger partial charge on any atom is -0.484 e. The van der Waals surface area contributed by atoms with E-state index < -0.39 is 0 Å². The van der Waals surface area contributed by atoms with Gasteiger partial charge in [0, 0.05) is 48.2 Å². The first-order valence-corrected chi connectivity index (χ1v) is 15.5. The van der Waals surface area contributed by atoms with E-state index in [2.05, 4.69) is 52.3 Å². The van der Waals surface area contributed by atoms with Crippen molar-refractivity contribution in [2.45, 2.75) is 40.5 Å². The smallest absolute Gasteiger partial charge is 0.257 e. The number of benzene rings is 2. The number of ether oxygens (including phenoxy) is 2. The number of hydrogen-bond donors (Lipinski definition) is 2.